The van der Waals surface area contributed by atoms with Gasteiger partial charge < -0.3 is 14.8 Å². The number of oxazole rings is 1. The number of nitrogens with zero attached hydrogens (tertiary/aromatic N) is 2. The number of allylic oxidation sites excluding steroid dienone is 1. The maximum absolute atomic E-state index is 12.0. The van der Waals surface area contributed by atoms with Gasteiger partial charge in [-0.15, -0.1) is 0 Å². The number of hydrogen-bond acceptors (Lipinski definition) is 5. The Hall–Kier alpha value is -3.07. The first-order chi connectivity index (χ1) is 10.7. The molecule has 1 heterocycles. The maximum Gasteiger partial charge on any atom is 0.269 e. The van der Waals surface area contributed by atoms with Crippen LogP contribution in [0.25, 0.3) is 11.5 Å². The number of benzene rings is 1. The summed E-state index contributed by atoms with van der Waals surface area (Å²) in [5, 5.41) is 21.5. The molecule has 6 nitrogen and oxygen atoms in total. The summed E-state index contributed by atoms with van der Waals surface area (Å²) >= 11 is 0. The highest BCUT2D eigenvalue weighted by Gasteiger charge is 2.30. The lowest BCUT2D eigenvalue weighted by Crippen LogP contribution is -2.15. The predicted molar refractivity (Wildman–Crippen MR) is 78.6 cm³/mol. The highest BCUT2D eigenvalue weighted by atomic mass is 16.3. The fourth-order valence-corrected chi connectivity index (χ4v) is 2.04. The smallest absolute Gasteiger partial charge is 0.269 e. The minimum Gasteiger partial charge on any atom is -0.510 e. The molecule has 1 aromatic heterocycles. The van der Waals surface area contributed by atoms with Crippen LogP contribution in [0.3, 0.4) is 0 Å². The molecule has 0 bridgehead atoms. The molecule has 1 saturated carbocycles. The third-order valence-corrected chi connectivity index (χ3v) is 3.38. The van der Waals surface area contributed by atoms with Gasteiger partial charge in [-0.1, -0.05) is 0 Å². The molecule has 1 amide bonds. The van der Waals surface area contributed by atoms with Crippen molar-refractivity contribution in [3.8, 4) is 17.5 Å². The second-order valence-corrected chi connectivity index (χ2v) is 5.02. The molecule has 2 aromatic rings. The maximum atomic E-state index is 12.0. The zero-order valence-corrected chi connectivity index (χ0v) is 11.6. The molecule has 1 aliphatic carbocycles. The average Bonchev–Trinajstić information content (AvgIpc) is 3.24. The molecule has 1 aliphatic rings. The molecule has 1 aromatic carbocycles. The number of carbonyl (C=O) groups is 1. The van der Waals surface area contributed by atoms with Gasteiger partial charge in [0.15, 0.2) is 5.57 Å². The topological polar surface area (TPSA) is 99.2 Å². The van der Waals surface area contributed by atoms with Gasteiger partial charge in [0.05, 0.1) is 6.20 Å². The van der Waals surface area contributed by atoms with Crippen molar-refractivity contribution < 1.29 is 14.3 Å². The lowest BCUT2D eigenvalue weighted by Gasteiger charge is -2.06. The standard InChI is InChI=1S/C16H13N3O3/c17-9-13(14(20)10-1-2-10)15(21)19-12-5-3-11(4-6-12)16-18-7-8-22-16/h3-8,10,20H,1-2H2,(H,19,21)/b14-13-. The Kier molecular flexibility index (Phi) is 3.62. The van der Waals surface area contributed by atoms with Crippen LogP contribution < -0.4 is 5.32 Å². The summed E-state index contributed by atoms with van der Waals surface area (Å²) in [5.74, 6) is -0.276. The highest BCUT2D eigenvalue weighted by molar-refractivity contribution is 6.07. The molecule has 0 unspecified atom stereocenters. The first kappa shape index (κ1) is 13.9. The van der Waals surface area contributed by atoms with Crippen molar-refractivity contribution in [3.05, 3.63) is 48.1 Å². The number of anilines is 1. The van der Waals surface area contributed by atoms with Gasteiger partial charge >= 0.3 is 0 Å². The van der Waals surface area contributed by atoms with Crippen molar-refractivity contribution in [3.63, 3.8) is 0 Å². The summed E-state index contributed by atoms with van der Waals surface area (Å²) in [7, 11) is 0. The molecule has 0 aliphatic heterocycles. The van der Waals surface area contributed by atoms with Gasteiger partial charge in [-0.05, 0) is 37.1 Å². The van der Waals surface area contributed by atoms with E-state index in [1.54, 1.807) is 36.5 Å². The van der Waals surface area contributed by atoms with Crippen molar-refractivity contribution in [2.45, 2.75) is 12.8 Å². The Morgan fingerprint density at radius 2 is 2.09 bits per heavy atom. The summed E-state index contributed by atoms with van der Waals surface area (Å²) < 4.78 is 5.18. The predicted octanol–water partition coefficient (Wildman–Crippen LogP) is 3.03. The summed E-state index contributed by atoms with van der Waals surface area (Å²) in [6.45, 7) is 0. The SMILES string of the molecule is N#C/C(C(=O)Nc1ccc(-c2ncco2)cc1)=C(/O)C1CC1. The Morgan fingerprint density at radius 3 is 2.64 bits per heavy atom. The van der Waals surface area contributed by atoms with Gasteiger partial charge in [0.2, 0.25) is 5.89 Å². The molecule has 22 heavy (non-hydrogen) atoms. The van der Waals surface area contributed by atoms with Gasteiger partial charge in [0.1, 0.15) is 18.1 Å². The van der Waals surface area contributed by atoms with E-state index >= 15 is 0 Å². The number of carbonyl (C=O) groups excluding carboxylic acids is 1. The highest BCUT2D eigenvalue weighted by Crippen LogP contribution is 2.36. The van der Waals surface area contributed by atoms with Gasteiger partial charge in [0.25, 0.3) is 5.91 Å². The Labute approximate surface area is 126 Å². The van der Waals surface area contributed by atoms with Crippen LogP contribution in [0.1, 0.15) is 12.8 Å². The molecule has 0 saturated heterocycles. The van der Waals surface area contributed by atoms with Crippen LogP contribution in [0, 0.1) is 17.2 Å². The zero-order chi connectivity index (χ0) is 15.5. The molecular formula is C16H13N3O3. The van der Waals surface area contributed by atoms with E-state index in [-0.39, 0.29) is 17.3 Å². The van der Waals surface area contributed by atoms with Crippen molar-refractivity contribution in [2.24, 2.45) is 5.92 Å². The molecule has 110 valence electrons. The fraction of sp³-hybridized carbons (Fsp3) is 0.188. The van der Waals surface area contributed by atoms with Crippen molar-refractivity contribution >= 4 is 11.6 Å². The van der Waals surface area contributed by atoms with Crippen molar-refractivity contribution in [2.75, 3.05) is 5.32 Å². The summed E-state index contributed by atoms with van der Waals surface area (Å²) in [6, 6.07) is 8.63. The van der Waals surface area contributed by atoms with E-state index in [1.807, 2.05) is 0 Å². The minimum atomic E-state index is -0.601. The average molecular weight is 295 g/mol. The largest absolute Gasteiger partial charge is 0.510 e. The molecule has 2 N–H and O–H groups in total. The Bertz CT molecular complexity index is 751. The summed E-state index contributed by atoms with van der Waals surface area (Å²) in [6.07, 6.45) is 4.66. The van der Waals surface area contributed by atoms with Crippen LogP contribution in [0.5, 0.6) is 0 Å². The Morgan fingerprint density at radius 1 is 1.36 bits per heavy atom. The van der Waals surface area contributed by atoms with E-state index in [4.69, 9.17) is 9.68 Å². The lowest BCUT2D eigenvalue weighted by atomic mass is 10.1. The number of hydrogen-bond donors (Lipinski definition) is 2. The van der Waals surface area contributed by atoms with Crippen molar-refractivity contribution in [1.29, 1.82) is 5.26 Å². The van der Waals surface area contributed by atoms with Gasteiger partial charge in [-0.25, -0.2) is 4.98 Å². The lowest BCUT2D eigenvalue weighted by molar-refractivity contribution is -0.112. The molecule has 0 radical (unpaired) electrons. The fourth-order valence-electron chi connectivity index (χ4n) is 2.04. The van der Waals surface area contributed by atoms with E-state index < -0.39 is 5.91 Å². The molecule has 0 spiro atoms. The molecule has 0 atom stereocenters. The number of nitrogens with one attached hydrogen (secondary N) is 1. The zero-order valence-electron chi connectivity index (χ0n) is 11.6. The van der Waals surface area contributed by atoms with Crippen LogP contribution in [0.4, 0.5) is 5.69 Å². The summed E-state index contributed by atoms with van der Waals surface area (Å²) in [5.41, 5.74) is 1.08. The van der Waals surface area contributed by atoms with E-state index in [9.17, 15) is 9.90 Å². The Balaban J connectivity index is 1.74. The molecule has 1 fully saturated rings. The normalized spacial score (nSPS) is 14.9. The molecular weight excluding hydrogens is 282 g/mol. The number of aliphatic hydroxyl groups excluding tert-OH is 1. The number of aliphatic hydroxyl groups is 1. The van der Waals surface area contributed by atoms with E-state index in [2.05, 4.69) is 10.3 Å². The summed E-state index contributed by atoms with van der Waals surface area (Å²) in [4.78, 5) is 16.1. The number of amides is 1. The van der Waals surface area contributed by atoms with Crippen LogP contribution >= 0.6 is 0 Å². The first-order valence-electron chi connectivity index (χ1n) is 6.83. The van der Waals surface area contributed by atoms with Crippen molar-refractivity contribution in [1.82, 2.24) is 4.98 Å². The number of nitriles is 1. The van der Waals surface area contributed by atoms with Crippen LogP contribution in [0.2, 0.25) is 0 Å². The van der Waals surface area contributed by atoms with Crippen LogP contribution in [-0.4, -0.2) is 16.0 Å². The number of rotatable bonds is 4. The molecule has 3 rings (SSSR count). The quantitative estimate of drug-likeness (QED) is 0.513. The molecule has 6 heteroatoms. The second-order valence-electron chi connectivity index (χ2n) is 5.02. The third-order valence-electron chi connectivity index (χ3n) is 3.38. The first-order valence-corrected chi connectivity index (χ1v) is 6.83. The van der Waals surface area contributed by atoms with Gasteiger partial charge in [0, 0.05) is 17.2 Å². The van der Waals surface area contributed by atoms with E-state index in [0.29, 0.717) is 11.6 Å². The van der Waals surface area contributed by atoms with Crippen LogP contribution in [-0.2, 0) is 4.79 Å². The minimum absolute atomic E-state index is 0.0483. The van der Waals surface area contributed by atoms with Gasteiger partial charge in [-0.3, -0.25) is 4.79 Å². The second kappa shape index (κ2) is 5.74. The monoisotopic (exact) mass is 295 g/mol. The van der Waals surface area contributed by atoms with E-state index in [0.717, 1.165) is 18.4 Å². The van der Waals surface area contributed by atoms with E-state index in [1.165, 1.54) is 6.26 Å². The number of aromatic nitrogens is 1. The van der Waals surface area contributed by atoms with Crippen LogP contribution in [0.15, 0.2) is 52.5 Å². The van der Waals surface area contributed by atoms with Gasteiger partial charge in [-0.2, -0.15) is 5.26 Å². The third kappa shape index (κ3) is 2.83.